The summed E-state index contributed by atoms with van der Waals surface area (Å²) < 4.78 is 0. The molecule has 86 valence electrons. The first-order valence-corrected chi connectivity index (χ1v) is 5.77. The van der Waals surface area contributed by atoms with Crippen molar-refractivity contribution in [1.29, 1.82) is 0 Å². The molecular weight excluding hydrogens is 200 g/mol. The summed E-state index contributed by atoms with van der Waals surface area (Å²) in [6, 6.07) is 10.3. The number of primary amides is 1. The Labute approximate surface area is 96.2 Å². The van der Waals surface area contributed by atoms with Crippen LogP contribution in [-0.2, 0) is 4.79 Å². The summed E-state index contributed by atoms with van der Waals surface area (Å²) in [5.41, 5.74) is 6.68. The number of amides is 1. The smallest absolute Gasteiger partial charge is 0.234 e. The monoisotopic (exact) mass is 218 g/mol. The fraction of sp³-hybridized carbons (Fsp3) is 0.462. The SMILES string of the molecule is C[C@H](C(N)=O)N1CC[C@H](c2ccccc2)C1. The van der Waals surface area contributed by atoms with Crippen molar-refractivity contribution >= 4 is 5.91 Å². The van der Waals surface area contributed by atoms with Gasteiger partial charge in [0.25, 0.3) is 0 Å². The summed E-state index contributed by atoms with van der Waals surface area (Å²) in [5.74, 6) is 0.316. The van der Waals surface area contributed by atoms with Crippen LogP contribution in [0.15, 0.2) is 30.3 Å². The van der Waals surface area contributed by atoms with Crippen LogP contribution in [0.1, 0.15) is 24.8 Å². The van der Waals surface area contributed by atoms with E-state index in [-0.39, 0.29) is 11.9 Å². The van der Waals surface area contributed by atoms with Gasteiger partial charge in [-0.2, -0.15) is 0 Å². The van der Waals surface area contributed by atoms with Gasteiger partial charge in [-0.05, 0) is 31.4 Å². The molecule has 1 aromatic rings. The molecule has 2 atom stereocenters. The van der Waals surface area contributed by atoms with Crippen molar-refractivity contribution in [1.82, 2.24) is 4.90 Å². The van der Waals surface area contributed by atoms with E-state index in [1.54, 1.807) is 0 Å². The van der Waals surface area contributed by atoms with Crippen molar-refractivity contribution in [2.75, 3.05) is 13.1 Å². The molecule has 3 heteroatoms. The average molecular weight is 218 g/mol. The zero-order chi connectivity index (χ0) is 11.5. The molecule has 1 aromatic carbocycles. The summed E-state index contributed by atoms with van der Waals surface area (Å²) in [7, 11) is 0. The van der Waals surface area contributed by atoms with E-state index in [1.165, 1.54) is 5.56 Å². The van der Waals surface area contributed by atoms with Gasteiger partial charge in [-0.1, -0.05) is 30.3 Å². The van der Waals surface area contributed by atoms with Crippen LogP contribution in [0.4, 0.5) is 0 Å². The molecule has 0 spiro atoms. The van der Waals surface area contributed by atoms with Crippen molar-refractivity contribution < 1.29 is 4.79 Å². The lowest BCUT2D eigenvalue weighted by Gasteiger charge is -2.21. The lowest BCUT2D eigenvalue weighted by molar-refractivity contribution is -0.122. The zero-order valence-electron chi connectivity index (χ0n) is 9.60. The average Bonchev–Trinajstić information content (AvgIpc) is 2.78. The highest BCUT2D eigenvalue weighted by molar-refractivity contribution is 5.79. The van der Waals surface area contributed by atoms with E-state index in [9.17, 15) is 4.79 Å². The van der Waals surface area contributed by atoms with Gasteiger partial charge < -0.3 is 5.73 Å². The molecule has 0 unspecified atom stereocenters. The molecule has 1 heterocycles. The molecule has 1 saturated heterocycles. The highest BCUT2D eigenvalue weighted by Gasteiger charge is 2.28. The number of carbonyl (C=O) groups is 1. The standard InChI is InChI=1S/C13H18N2O/c1-10(13(14)16)15-8-7-12(9-15)11-5-3-2-4-6-11/h2-6,10,12H,7-9H2,1H3,(H2,14,16)/t10-,12+/m1/s1. The quantitative estimate of drug-likeness (QED) is 0.832. The number of nitrogens with zero attached hydrogens (tertiary/aromatic N) is 1. The van der Waals surface area contributed by atoms with E-state index in [0.29, 0.717) is 5.92 Å². The Bertz CT molecular complexity index is 363. The number of benzene rings is 1. The maximum atomic E-state index is 11.1. The molecule has 0 aromatic heterocycles. The van der Waals surface area contributed by atoms with Gasteiger partial charge in [-0.3, -0.25) is 9.69 Å². The highest BCUT2D eigenvalue weighted by Crippen LogP contribution is 2.27. The van der Waals surface area contributed by atoms with Gasteiger partial charge in [0.1, 0.15) is 0 Å². The second-order valence-electron chi connectivity index (χ2n) is 4.47. The molecule has 1 amide bonds. The molecule has 16 heavy (non-hydrogen) atoms. The number of nitrogens with two attached hydrogens (primary N) is 1. The minimum Gasteiger partial charge on any atom is -0.368 e. The molecular formula is C13H18N2O. The number of likely N-dealkylation sites (tertiary alicyclic amines) is 1. The van der Waals surface area contributed by atoms with Gasteiger partial charge in [-0.25, -0.2) is 0 Å². The molecule has 2 N–H and O–H groups in total. The summed E-state index contributed by atoms with van der Waals surface area (Å²) in [5, 5.41) is 0. The zero-order valence-corrected chi connectivity index (χ0v) is 9.60. The van der Waals surface area contributed by atoms with Crippen LogP contribution in [-0.4, -0.2) is 29.9 Å². The van der Waals surface area contributed by atoms with E-state index in [1.807, 2.05) is 13.0 Å². The summed E-state index contributed by atoms with van der Waals surface area (Å²) in [6.07, 6.45) is 1.11. The van der Waals surface area contributed by atoms with Gasteiger partial charge in [0, 0.05) is 6.54 Å². The van der Waals surface area contributed by atoms with Crippen LogP contribution in [0, 0.1) is 0 Å². The van der Waals surface area contributed by atoms with E-state index in [0.717, 1.165) is 19.5 Å². The summed E-state index contributed by atoms with van der Waals surface area (Å²) in [4.78, 5) is 13.3. The third-order valence-electron chi connectivity index (χ3n) is 3.45. The largest absolute Gasteiger partial charge is 0.368 e. The molecule has 2 rings (SSSR count). The van der Waals surface area contributed by atoms with Crippen LogP contribution >= 0.6 is 0 Å². The third-order valence-corrected chi connectivity index (χ3v) is 3.45. The van der Waals surface area contributed by atoms with E-state index in [4.69, 9.17) is 5.73 Å². The third kappa shape index (κ3) is 2.25. The minimum atomic E-state index is -0.228. The Morgan fingerprint density at radius 1 is 1.44 bits per heavy atom. The molecule has 1 fully saturated rings. The van der Waals surface area contributed by atoms with Crippen LogP contribution < -0.4 is 5.73 Å². The molecule has 1 aliphatic heterocycles. The number of hydrogen-bond donors (Lipinski definition) is 1. The molecule has 0 bridgehead atoms. The van der Waals surface area contributed by atoms with E-state index < -0.39 is 0 Å². The maximum Gasteiger partial charge on any atom is 0.234 e. The first kappa shape index (κ1) is 11.1. The van der Waals surface area contributed by atoms with Crippen molar-refractivity contribution in [2.24, 2.45) is 5.73 Å². The van der Waals surface area contributed by atoms with Gasteiger partial charge in [-0.15, -0.1) is 0 Å². The van der Waals surface area contributed by atoms with Crippen LogP contribution in [0.5, 0.6) is 0 Å². The first-order valence-electron chi connectivity index (χ1n) is 5.77. The second kappa shape index (κ2) is 4.66. The molecule has 0 aliphatic carbocycles. The summed E-state index contributed by atoms with van der Waals surface area (Å²) in [6.45, 7) is 3.79. The fourth-order valence-electron chi connectivity index (χ4n) is 2.32. The van der Waals surface area contributed by atoms with Gasteiger partial charge in [0.2, 0.25) is 5.91 Å². The second-order valence-corrected chi connectivity index (χ2v) is 4.47. The van der Waals surface area contributed by atoms with Crippen LogP contribution in [0.25, 0.3) is 0 Å². The van der Waals surface area contributed by atoms with Crippen LogP contribution in [0.3, 0.4) is 0 Å². The molecule has 3 nitrogen and oxygen atoms in total. The number of rotatable bonds is 3. The van der Waals surface area contributed by atoms with Gasteiger partial charge >= 0.3 is 0 Å². The Hall–Kier alpha value is -1.35. The van der Waals surface area contributed by atoms with Crippen molar-refractivity contribution in [3.05, 3.63) is 35.9 Å². The van der Waals surface area contributed by atoms with E-state index >= 15 is 0 Å². The van der Waals surface area contributed by atoms with E-state index in [2.05, 4.69) is 29.2 Å². The highest BCUT2D eigenvalue weighted by atomic mass is 16.1. The molecule has 0 radical (unpaired) electrons. The van der Waals surface area contributed by atoms with Gasteiger partial charge in [0.05, 0.1) is 6.04 Å². The number of hydrogen-bond acceptors (Lipinski definition) is 2. The Morgan fingerprint density at radius 2 is 2.12 bits per heavy atom. The van der Waals surface area contributed by atoms with Crippen molar-refractivity contribution in [3.8, 4) is 0 Å². The Kier molecular flexibility index (Phi) is 3.25. The molecule has 1 aliphatic rings. The van der Waals surface area contributed by atoms with Crippen molar-refractivity contribution in [3.63, 3.8) is 0 Å². The maximum absolute atomic E-state index is 11.1. The number of carbonyl (C=O) groups excluding carboxylic acids is 1. The topological polar surface area (TPSA) is 46.3 Å². The van der Waals surface area contributed by atoms with Crippen LogP contribution in [0.2, 0.25) is 0 Å². The van der Waals surface area contributed by atoms with Crippen molar-refractivity contribution in [2.45, 2.75) is 25.3 Å². The van der Waals surface area contributed by atoms with Gasteiger partial charge in [0.15, 0.2) is 0 Å². The fourth-order valence-corrected chi connectivity index (χ4v) is 2.32. The lowest BCUT2D eigenvalue weighted by atomic mass is 9.99. The Morgan fingerprint density at radius 3 is 2.75 bits per heavy atom. The Balaban J connectivity index is 2.01. The first-order chi connectivity index (χ1) is 7.68. The minimum absolute atomic E-state index is 0.145. The lowest BCUT2D eigenvalue weighted by Crippen LogP contribution is -2.41. The predicted molar refractivity (Wildman–Crippen MR) is 64.0 cm³/mol. The normalized spacial score (nSPS) is 23.2. The predicted octanol–water partition coefficient (Wildman–Crippen LogP) is 1.35. The molecule has 0 saturated carbocycles. The summed E-state index contributed by atoms with van der Waals surface area (Å²) >= 11 is 0.